The van der Waals surface area contributed by atoms with Crippen molar-refractivity contribution < 1.29 is 14.6 Å². The van der Waals surface area contributed by atoms with E-state index in [1.807, 2.05) is 9.80 Å². The van der Waals surface area contributed by atoms with Gasteiger partial charge in [-0.05, 0) is 12.2 Å². The number of rotatable bonds is 5. The van der Waals surface area contributed by atoms with Gasteiger partial charge in [0.15, 0.2) is 5.11 Å². The van der Waals surface area contributed by atoms with Crippen LogP contribution in [-0.4, -0.2) is 66.9 Å². The van der Waals surface area contributed by atoms with Gasteiger partial charge in [0.25, 0.3) is 0 Å². The smallest absolute Gasteiger partial charge is 0.175 e. The lowest BCUT2D eigenvalue weighted by atomic mass is 10.5. The summed E-state index contributed by atoms with van der Waals surface area (Å²) in [4.78, 5) is 3.74. The zero-order chi connectivity index (χ0) is 10.4. The van der Waals surface area contributed by atoms with Crippen LogP contribution in [0.25, 0.3) is 0 Å². The second kappa shape index (κ2) is 6.13. The zero-order valence-corrected chi connectivity index (χ0v) is 9.13. The van der Waals surface area contributed by atoms with Crippen LogP contribution in [0.5, 0.6) is 0 Å². The van der Waals surface area contributed by atoms with Crippen molar-refractivity contribution in [2.24, 2.45) is 0 Å². The van der Waals surface area contributed by atoms with Gasteiger partial charge in [0.2, 0.25) is 0 Å². The van der Waals surface area contributed by atoms with Gasteiger partial charge in [-0.15, -0.1) is 0 Å². The van der Waals surface area contributed by atoms with Crippen LogP contribution in [0.15, 0.2) is 0 Å². The fraction of sp³-hybridized carbons (Fsp3) is 0.875. The quantitative estimate of drug-likeness (QED) is 0.628. The highest BCUT2D eigenvalue weighted by atomic mass is 32.1. The fourth-order valence-corrected chi connectivity index (χ4v) is 1.50. The first kappa shape index (κ1) is 11.6. The summed E-state index contributed by atoms with van der Waals surface area (Å²) in [5, 5.41) is 9.52. The van der Waals surface area contributed by atoms with Gasteiger partial charge in [-0.25, -0.2) is 0 Å². The standard InChI is InChI=1S/C8H16N2O3S/c1-12-5-3-10-7-13-6-9(2-4-11)8(10)14/h11H,2-7H2,1H3. The topological polar surface area (TPSA) is 45.2 Å². The normalized spacial score (nSPS) is 17.7. The highest BCUT2D eigenvalue weighted by molar-refractivity contribution is 7.80. The van der Waals surface area contributed by atoms with Crippen molar-refractivity contribution in [3.63, 3.8) is 0 Å². The molecule has 0 radical (unpaired) electrons. The lowest BCUT2D eigenvalue weighted by Crippen LogP contribution is -2.51. The largest absolute Gasteiger partial charge is 0.395 e. The summed E-state index contributed by atoms with van der Waals surface area (Å²) in [6.07, 6.45) is 0. The van der Waals surface area contributed by atoms with E-state index in [1.165, 1.54) is 0 Å². The van der Waals surface area contributed by atoms with E-state index in [-0.39, 0.29) is 6.61 Å². The highest BCUT2D eigenvalue weighted by Gasteiger charge is 2.21. The predicted molar refractivity (Wildman–Crippen MR) is 55.8 cm³/mol. The molecular formula is C8H16N2O3S. The van der Waals surface area contributed by atoms with E-state index < -0.39 is 0 Å². The number of nitrogens with zero attached hydrogens (tertiary/aromatic N) is 2. The molecule has 0 aromatic heterocycles. The number of hydrogen-bond donors (Lipinski definition) is 1. The Bertz CT molecular complexity index is 189. The molecule has 6 heteroatoms. The number of methoxy groups -OCH3 is 1. The lowest BCUT2D eigenvalue weighted by Gasteiger charge is -2.37. The molecule has 1 heterocycles. The Kier molecular flexibility index (Phi) is 5.10. The Hall–Kier alpha value is -0.430. The Balaban J connectivity index is 2.40. The molecule has 5 nitrogen and oxygen atoms in total. The number of hydrogen-bond acceptors (Lipinski definition) is 4. The van der Waals surface area contributed by atoms with Crippen LogP contribution in [0.2, 0.25) is 0 Å². The molecule has 1 rings (SSSR count). The van der Waals surface area contributed by atoms with Gasteiger partial charge in [-0.1, -0.05) is 0 Å². The summed E-state index contributed by atoms with van der Waals surface area (Å²) in [5.74, 6) is 0. The van der Waals surface area contributed by atoms with Gasteiger partial charge in [0.1, 0.15) is 13.5 Å². The minimum absolute atomic E-state index is 0.0849. The molecule has 0 saturated carbocycles. The van der Waals surface area contributed by atoms with Crippen molar-refractivity contribution in [1.29, 1.82) is 0 Å². The summed E-state index contributed by atoms with van der Waals surface area (Å²) in [6, 6.07) is 0. The zero-order valence-electron chi connectivity index (χ0n) is 8.31. The van der Waals surface area contributed by atoms with Crippen molar-refractivity contribution in [2.75, 3.05) is 46.9 Å². The lowest BCUT2D eigenvalue weighted by molar-refractivity contribution is -0.0323. The van der Waals surface area contributed by atoms with E-state index >= 15 is 0 Å². The Morgan fingerprint density at radius 2 is 2.07 bits per heavy atom. The van der Waals surface area contributed by atoms with Crippen LogP contribution >= 0.6 is 12.2 Å². The third-order valence-electron chi connectivity index (χ3n) is 1.97. The predicted octanol–water partition coefficient (Wildman–Crippen LogP) is -0.541. The minimum atomic E-state index is 0.0849. The molecule has 0 aromatic carbocycles. The average Bonchev–Trinajstić information content (AvgIpc) is 2.20. The molecule has 0 spiro atoms. The molecule has 14 heavy (non-hydrogen) atoms. The molecule has 0 atom stereocenters. The van der Waals surface area contributed by atoms with Crippen molar-refractivity contribution in [3.05, 3.63) is 0 Å². The molecular weight excluding hydrogens is 204 g/mol. The van der Waals surface area contributed by atoms with Gasteiger partial charge in [-0.2, -0.15) is 0 Å². The monoisotopic (exact) mass is 220 g/mol. The number of aliphatic hydroxyl groups is 1. The van der Waals surface area contributed by atoms with Crippen molar-refractivity contribution in [1.82, 2.24) is 9.80 Å². The van der Waals surface area contributed by atoms with Crippen LogP contribution < -0.4 is 0 Å². The summed E-state index contributed by atoms with van der Waals surface area (Å²) in [5.41, 5.74) is 0. The molecule has 0 bridgehead atoms. The summed E-state index contributed by atoms with van der Waals surface area (Å²) >= 11 is 5.23. The molecule has 0 aliphatic carbocycles. The van der Waals surface area contributed by atoms with E-state index in [1.54, 1.807) is 7.11 Å². The first-order valence-corrected chi connectivity index (χ1v) is 4.91. The SMILES string of the molecule is COCCN1COCN(CCO)C1=S. The second-order valence-corrected chi connectivity index (χ2v) is 3.35. The van der Waals surface area contributed by atoms with Gasteiger partial charge in [0, 0.05) is 20.2 Å². The molecule has 1 aliphatic heterocycles. The molecule has 0 aromatic rings. The van der Waals surface area contributed by atoms with Crippen LogP contribution in [0.3, 0.4) is 0 Å². The van der Waals surface area contributed by atoms with E-state index in [2.05, 4.69) is 0 Å². The number of aliphatic hydroxyl groups excluding tert-OH is 1. The van der Waals surface area contributed by atoms with Gasteiger partial charge in [-0.3, -0.25) is 0 Å². The molecule has 82 valence electrons. The molecule has 1 fully saturated rings. The van der Waals surface area contributed by atoms with Crippen LogP contribution in [0.4, 0.5) is 0 Å². The Morgan fingerprint density at radius 1 is 1.43 bits per heavy atom. The van der Waals surface area contributed by atoms with Crippen molar-refractivity contribution in [3.8, 4) is 0 Å². The minimum Gasteiger partial charge on any atom is -0.395 e. The summed E-state index contributed by atoms with van der Waals surface area (Å²) < 4.78 is 10.3. The van der Waals surface area contributed by atoms with Crippen molar-refractivity contribution >= 4 is 17.3 Å². The molecule has 0 amide bonds. The Labute approximate surface area is 89.2 Å². The maximum Gasteiger partial charge on any atom is 0.175 e. The Morgan fingerprint density at radius 3 is 2.64 bits per heavy atom. The van der Waals surface area contributed by atoms with E-state index in [0.717, 1.165) is 11.7 Å². The first-order chi connectivity index (χ1) is 6.79. The van der Waals surface area contributed by atoms with Crippen LogP contribution in [0, 0.1) is 0 Å². The molecule has 1 N–H and O–H groups in total. The number of β-amino-alcohol motifs (C(OH)–C–C–N with tert-alkyl or cyclic N) is 1. The maximum atomic E-state index is 8.80. The van der Waals surface area contributed by atoms with E-state index in [4.69, 9.17) is 26.8 Å². The molecule has 1 aliphatic rings. The summed E-state index contributed by atoms with van der Waals surface area (Å²) in [7, 11) is 1.65. The summed E-state index contributed by atoms with van der Waals surface area (Å²) in [6.45, 7) is 2.91. The van der Waals surface area contributed by atoms with Crippen LogP contribution in [-0.2, 0) is 9.47 Å². The third kappa shape index (κ3) is 3.06. The van der Waals surface area contributed by atoms with E-state index in [0.29, 0.717) is 26.6 Å². The van der Waals surface area contributed by atoms with Gasteiger partial charge < -0.3 is 24.4 Å². The fourth-order valence-electron chi connectivity index (χ4n) is 1.21. The number of thiocarbonyl (C=S) groups is 1. The number of ether oxygens (including phenoxy) is 2. The average molecular weight is 220 g/mol. The molecule has 1 saturated heterocycles. The van der Waals surface area contributed by atoms with E-state index in [9.17, 15) is 0 Å². The highest BCUT2D eigenvalue weighted by Crippen LogP contribution is 2.06. The van der Waals surface area contributed by atoms with Gasteiger partial charge >= 0.3 is 0 Å². The van der Waals surface area contributed by atoms with Gasteiger partial charge in [0.05, 0.1) is 13.2 Å². The maximum absolute atomic E-state index is 8.80. The second-order valence-electron chi connectivity index (χ2n) is 2.99. The first-order valence-electron chi connectivity index (χ1n) is 4.51. The van der Waals surface area contributed by atoms with Crippen LogP contribution in [0.1, 0.15) is 0 Å². The third-order valence-corrected chi connectivity index (χ3v) is 2.49. The molecule has 0 unspecified atom stereocenters. The van der Waals surface area contributed by atoms with Crippen molar-refractivity contribution in [2.45, 2.75) is 0 Å².